The number of primary amides is 1. The van der Waals surface area contributed by atoms with E-state index >= 15 is 0 Å². The molecule has 32 heavy (non-hydrogen) atoms. The minimum atomic E-state index is -3.63. The molecule has 0 spiro atoms. The fraction of sp³-hybridized carbons (Fsp3) is 0.500. The van der Waals surface area contributed by atoms with Gasteiger partial charge in [0, 0.05) is 25.2 Å². The third-order valence-electron chi connectivity index (χ3n) is 4.60. The zero-order valence-electron chi connectivity index (χ0n) is 18.9. The molecular formula is C20H30N6O4S2. The third-order valence-corrected chi connectivity index (χ3v) is 7.72. The number of urea groups is 1. The zero-order chi connectivity index (χ0) is 24.1. The maximum absolute atomic E-state index is 13.0. The van der Waals surface area contributed by atoms with Crippen LogP contribution in [0.2, 0.25) is 0 Å². The van der Waals surface area contributed by atoms with Crippen molar-refractivity contribution in [2.45, 2.75) is 56.5 Å². The van der Waals surface area contributed by atoms with Crippen LogP contribution in [0.15, 0.2) is 34.3 Å². The number of hydrogen-bond acceptors (Lipinski definition) is 7. The molecule has 0 unspecified atom stereocenters. The highest BCUT2D eigenvalue weighted by molar-refractivity contribution is 8.00. The Morgan fingerprint density at radius 2 is 1.84 bits per heavy atom. The van der Waals surface area contributed by atoms with Crippen LogP contribution < -0.4 is 11.1 Å². The van der Waals surface area contributed by atoms with Crippen molar-refractivity contribution in [2.24, 2.45) is 11.7 Å². The number of benzene rings is 1. The molecule has 1 aromatic carbocycles. The van der Waals surface area contributed by atoms with E-state index in [0.29, 0.717) is 36.2 Å². The number of rotatable bonds is 10. The maximum Gasteiger partial charge on any atom is 0.318 e. The molecule has 0 aliphatic rings. The van der Waals surface area contributed by atoms with Crippen LogP contribution in [0.3, 0.4) is 0 Å². The summed E-state index contributed by atoms with van der Waals surface area (Å²) >= 11 is 1.14. The molecule has 2 rings (SSSR count). The van der Waals surface area contributed by atoms with E-state index in [9.17, 15) is 18.0 Å². The lowest BCUT2D eigenvalue weighted by atomic mass is 10.2. The van der Waals surface area contributed by atoms with Crippen LogP contribution in [0.25, 0.3) is 11.4 Å². The van der Waals surface area contributed by atoms with E-state index in [2.05, 4.69) is 15.5 Å². The lowest BCUT2D eigenvalue weighted by Gasteiger charge is -2.19. The number of hydrogen-bond donors (Lipinski definition) is 2. The number of aromatic nitrogens is 3. The molecule has 3 N–H and O–H groups in total. The Morgan fingerprint density at radius 1 is 1.19 bits per heavy atom. The second kappa shape index (κ2) is 10.9. The number of thioether (sulfide) groups is 1. The summed E-state index contributed by atoms with van der Waals surface area (Å²) < 4.78 is 29.2. The minimum Gasteiger partial charge on any atom is -0.351 e. The van der Waals surface area contributed by atoms with Crippen LogP contribution in [0.1, 0.15) is 34.6 Å². The molecule has 2 aromatic rings. The smallest absolute Gasteiger partial charge is 0.318 e. The molecule has 10 nitrogen and oxygen atoms in total. The van der Waals surface area contributed by atoms with Crippen LogP contribution in [0, 0.1) is 5.92 Å². The molecule has 0 saturated heterocycles. The number of carbonyl (C=O) groups excluding carboxylic acids is 2. The van der Waals surface area contributed by atoms with Crippen molar-refractivity contribution < 1.29 is 18.0 Å². The van der Waals surface area contributed by atoms with Crippen LogP contribution in [-0.2, 0) is 21.4 Å². The molecule has 0 aliphatic carbocycles. The number of nitrogens with zero attached hydrogens (tertiary/aromatic N) is 4. The van der Waals surface area contributed by atoms with Crippen molar-refractivity contribution in [3.05, 3.63) is 24.3 Å². The van der Waals surface area contributed by atoms with Gasteiger partial charge in [0.1, 0.15) is 0 Å². The Hall–Kier alpha value is -2.44. The average Bonchev–Trinajstić information content (AvgIpc) is 3.09. The van der Waals surface area contributed by atoms with E-state index in [0.717, 1.165) is 11.8 Å². The van der Waals surface area contributed by atoms with Gasteiger partial charge in [-0.1, -0.05) is 51.6 Å². The highest BCUT2D eigenvalue weighted by Gasteiger charge is 2.25. The van der Waals surface area contributed by atoms with Crippen LogP contribution in [0.4, 0.5) is 4.79 Å². The molecular weight excluding hydrogens is 452 g/mol. The topological polar surface area (TPSA) is 140 Å². The Morgan fingerprint density at radius 3 is 2.41 bits per heavy atom. The second-order valence-electron chi connectivity index (χ2n) is 7.54. The van der Waals surface area contributed by atoms with E-state index in [1.54, 1.807) is 45.0 Å². The summed E-state index contributed by atoms with van der Waals surface area (Å²) in [6.45, 7) is 10.6. The van der Waals surface area contributed by atoms with Crippen molar-refractivity contribution in [3.63, 3.8) is 0 Å². The predicted octanol–water partition coefficient (Wildman–Crippen LogP) is 2.31. The molecule has 1 atom stereocenters. The van der Waals surface area contributed by atoms with Gasteiger partial charge in [-0.25, -0.2) is 13.2 Å². The fourth-order valence-electron chi connectivity index (χ4n) is 3.06. The summed E-state index contributed by atoms with van der Waals surface area (Å²) in [6.07, 6.45) is 0. The van der Waals surface area contributed by atoms with Gasteiger partial charge in [-0.2, -0.15) is 4.31 Å². The molecule has 12 heteroatoms. The van der Waals surface area contributed by atoms with Crippen molar-refractivity contribution >= 4 is 33.7 Å². The number of sulfonamides is 1. The molecule has 0 saturated carbocycles. The lowest BCUT2D eigenvalue weighted by Crippen LogP contribution is -2.39. The van der Waals surface area contributed by atoms with Gasteiger partial charge >= 0.3 is 6.03 Å². The van der Waals surface area contributed by atoms with Crippen molar-refractivity contribution in [1.29, 1.82) is 0 Å². The molecule has 1 aromatic heterocycles. The Balaban J connectivity index is 2.46. The number of carbonyl (C=O) groups is 2. The fourth-order valence-corrected chi connectivity index (χ4v) is 5.42. The summed E-state index contributed by atoms with van der Waals surface area (Å²) in [5, 5.41) is 10.4. The van der Waals surface area contributed by atoms with Crippen LogP contribution in [0.5, 0.6) is 0 Å². The first-order valence-corrected chi connectivity index (χ1v) is 12.6. The van der Waals surface area contributed by atoms with Gasteiger partial charge in [-0.05, 0) is 25.0 Å². The van der Waals surface area contributed by atoms with E-state index in [4.69, 9.17) is 5.73 Å². The summed E-state index contributed by atoms with van der Waals surface area (Å²) in [5.74, 6) is 0.206. The number of nitrogens with two attached hydrogens (primary N) is 1. The summed E-state index contributed by atoms with van der Waals surface area (Å²) in [7, 11) is -3.63. The van der Waals surface area contributed by atoms with Gasteiger partial charge in [-0.15, -0.1) is 10.2 Å². The number of imide groups is 1. The van der Waals surface area contributed by atoms with Gasteiger partial charge in [-0.3, -0.25) is 10.1 Å². The second-order valence-corrected chi connectivity index (χ2v) is 10.8. The molecule has 0 fully saturated rings. The molecule has 0 radical (unpaired) electrons. The van der Waals surface area contributed by atoms with Crippen molar-refractivity contribution in [2.75, 3.05) is 13.1 Å². The van der Waals surface area contributed by atoms with Gasteiger partial charge in [0.2, 0.25) is 15.9 Å². The van der Waals surface area contributed by atoms with Crippen LogP contribution in [-0.4, -0.2) is 57.8 Å². The van der Waals surface area contributed by atoms with Gasteiger partial charge in [0.25, 0.3) is 0 Å². The van der Waals surface area contributed by atoms with E-state index in [-0.39, 0.29) is 10.8 Å². The molecule has 0 aliphatic heterocycles. The Kier molecular flexibility index (Phi) is 8.81. The third kappa shape index (κ3) is 6.08. The highest BCUT2D eigenvalue weighted by Crippen LogP contribution is 2.29. The Bertz CT molecular complexity index is 1060. The number of amides is 3. The first-order valence-electron chi connectivity index (χ1n) is 10.3. The lowest BCUT2D eigenvalue weighted by molar-refractivity contribution is -0.119. The van der Waals surface area contributed by atoms with Crippen molar-refractivity contribution in [1.82, 2.24) is 24.4 Å². The summed E-state index contributed by atoms with van der Waals surface area (Å²) in [6, 6.07) is 5.69. The van der Waals surface area contributed by atoms with Gasteiger partial charge < -0.3 is 10.3 Å². The normalized spacial score (nSPS) is 12.8. The average molecular weight is 483 g/mol. The van der Waals surface area contributed by atoms with Gasteiger partial charge in [0.15, 0.2) is 11.0 Å². The quantitative estimate of drug-likeness (QED) is 0.495. The van der Waals surface area contributed by atoms with Crippen LogP contribution >= 0.6 is 11.8 Å². The highest BCUT2D eigenvalue weighted by atomic mass is 32.2. The first kappa shape index (κ1) is 25.8. The predicted molar refractivity (Wildman–Crippen MR) is 123 cm³/mol. The largest absolute Gasteiger partial charge is 0.351 e. The molecule has 3 amide bonds. The molecule has 1 heterocycles. The summed E-state index contributed by atoms with van der Waals surface area (Å²) in [4.78, 5) is 23.2. The molecule has 176 valence electrons. The SMILES string of the molecule is CCN(CC)S(=O)(=O)c1cccc(-c2nnc(S[C@H](C)C(=O)NC(N)=O)n2CC(C)C)c1. The zero-order valence-corrected chi connectivity index (χ0v) is 20.5. The van der Waals surface area contributed by atoms with Gasteiger partial charge in [0.05, 0.1) is 10.1 Å². The minimum absolute atomic E-state index is 0.182. The standard InChI is InChI=1S/C20H30N6O4S2/c1-6-25(7-2)32(29,30)16-10-8-9-15(11-16)17-23-24-20(26(17)12-13(3)4)31-14(5)18(27)22-19(21)28/h8-11,13-14H,6-7,12H2,1-5H3,(H3,21,22,27,28)/t14-/m1/s1. The van der Waals surface area contributed by atoms with E-state index in [1.165, 1.54) is 4.31 Å². The van der Waals surface area contributed by atoms with E-state index < -0.39 is 27.2 Å². The van der Waals surface area contributed by atoms with Crippen molar-refractivity contribution in [3.8, 4) is 11.4 Å². The van der Waals surface area contributed by atoms with E-state index in [1.807, 2.05) is 18.4 Å². The number of nitrogens with one attached hydrogen (secondary N) is 1. The maximum atomic E-state index is 13.0. The molecule has 0 bridgehead atoms. The monoisotopic (exact) mass is 482 g/mol. The first-order chi connectivity index (χ1) is 15.0. The summed E-state index contributed by atoms with van der Waals surface area (Å²) in [5.41, 5.74) is 5.63. The Labute approximate surface area is 193 Å².